The molecule has 2 N–H and O–H groups in total. The fourth-order valence-electron chi connectivity index (χ4n) is 2.44. The van der Waals surface area contributed by atoms with E-state index in [4.69, 9.17) is 11.6 Å². The van der Waals surface area contributed by atoms with Crippen LogP contribution in [0, 0.1) is 3.57 Å². The predicted octanol–water partition coefficient (Wildman–Crippen LogP) is 3.62. The molecule has 6 heteroatoms. The fourth-order valence-corrected chi connectivity index (χ4v) is 3.05. The topological polar surface area (TPSA) is 37.0 Å². The van der Waals surface area contributed by atoms with Gasteiger partial charge in [-0.05, 0) is 54.3 Å². The van der Waals surface area contributed by atoms with Gasteiger partial charge in [0.05, 0.1) is 9.26 Å². The van der Waals surface area contributed by atoms with E-state index in [0.717, 1.165) is 34.9 Å². The van der Waals surface area contributed by atoms with Crippen LogP contribution >= 0.6 is 34.2 Å². The Morgan fingerprint density at radius 3 is 2.68 bits per heavy atom. The molecule has 0 aromatic carbocycles. The molecule has 1 aromatic heterocycles. The van der Waals surface area contributed by atoms with Crippen LogP contribution in [0.25, 0.3) is 0 Å². The van der Waals surface area contributed by atoms with Crippen LogP contribution in [0.5, 0.6) is 0 Å². The lowest BCUT2D eigenvalue weighted by molar-refractivity contribution is 0.339. The van der Waals surface area contributed by atoms with Crippen LogP contribution in [-0.4, -0.2) is 30.3 Å². The first-order chi connectivity index (χ1) is 9.19. The number of pyridine rings is 1. The third-order valence-corrected chi connectivity index (χ3v) is 4.50. The summed E-state index contributed by atoms with van der Waals surface area (Å²) in [6, 6.07) is 2.81. The highest BCUT2D eigenvalue weighted by molar-refractivity contribution is 14.1. The zero-order valence-corrected chi connectivity index (χ0v) is 13.5. The Bertz CT molecular complexity index is 411. The van der Waals surface area contributed by atoms with Crippen molar-refractivity contribution in [1.82, 2.24) is 10.3 Å². The Morgan fingerprint density at radius 1 is 1.32 bits per heavy atom. The minimum Gasteiger partial charge on any atom is -0.381 e. The van der Waals surface area contributed by atoms with Gasteiger partial charge in [0, 0.05) is 24.8 Å². The largest absolute Gasteiger partial charge is 0.381 e. The summed E-state index contributed by atoms with van der Waals surface area (Å²) >= 11 is 8.17. The predicted molar refractivity (Wildman–Crippen MR) is 85.6 cm³/mol. The van der Waals surface area contributed by atoms with E-state index in [-0.39, 0.29) is 6.67 Å². The molecule has 2 rings (SSSR count). The standard InChI is InChI=1S/C13H18ClFIN3/c14-13-7-12(11(16)8-18-13)19-10-3-1-9(2-4-10)17-6-5-15/h7-10,17H,1-6H2,(H,18,19). The third kappa shape index (κ3) is 4.72. The first kappa shape index (κ1) is 15.3. The summed E-state index contributed by atoms with van der Waals surface area (Å²) in [7, 11) is 0. The van der Waals surface area contributed by atoms with Crippen molar-refractivity contribution in [1.29, 1.82) is 0 Å². The van der Waals surface area contributed by atoms with E-state index in [2.05, 4.69) is 38.2 Å². The summed E-state index contributed by atoms with van der Waals surface area (Å²) in [5.41, 5.74) is 1.06. The molecule has 0 atom stereocenters. The molecule has 19 heavy (non-hydrogen) atoms. The number of hydrogen-bond donors (Lipinski definition) is 2. The molecule has 1 fully saturated rings. The van der Waals surface area contributed by atoms with Crippen molar-refractivity contribution in [2.45, 2.75) is 37.8 Å². The third-order valence-electron chi connectivity index (χ3n) is 3.44. The quantitative estimate of drug-likeness (QED) is 0.588. The number of nitrogens with zero attached hydrogens (tertiary/aromatic N) is 1. The van der Waals surface area contributed by atoms with Crippen molar-refractivity contribution < 1.29 is 4.39 Å². The van der Waals surface area contributed by atoms with Crippen LogP contribution in [0.2, 0.25) is 5.15 Å². The molecular formula is C13H18ClFIN3. The van der Waals surface area contributed by atoms with Crippen LogP contribution in [0.4, 0.5) is 10.1 Å². The van der Waals surface area contributed by atoms with Gasteiger partial charge in [-0.15, -0.1) is 0 Å². The molecule has 0 unspecified atom stereocenters. The lowest BCUT2D eigenvalue weighted by Crippen LogP contribution is -2.37. The number of anilines is 1. The summed E-state index contributed by atoms with van der Waals surface area (Å²) in [4.78, 5) is 4.05. The minimum atomic E-state index is -0.286. The average molecular weight is 398 g/mol. The van der Waals surface area contributed by atoms with E-state index in [1.807, 2.05) is 6.07 Å². The molecule has 0 bridgehead atoms. The number of aromatic nitrogens is 1. The number of hydrogen-bond acceptors (Lipinski definition) is 3. The lowest BCUT2D eigenvalue weighted by Gasteiger charge is -2.30. The lowest BCUT2D eigenvalue weighted by atomic mass is 9.91. The molecule has 0 radical (unpaired) electrons. The highest BCUT2D eigenvalue weighted by Crippen LogP contribution is 2.26. The Kier molecular flexibility index (Phi) is 6.09. The van der Waals surface area contributed by atoms with E-state index < -0.39 is 0 Å². The maximum atomic E-state index is 12.1. The molecule has 1 aliphatic rings. The van der Waals surface area contributed by atoms with Gasteiger partial charge < -0.3 is 10.6 Å². The Balaban J connectivity index is 1.83. The van der Waals surface area contributed by atoms with Crippen molar-refractivity contribution >= 4 is 39.9 Å². The molecule has 1 heterocycles. The highest BCUT2D eigenvalue weighted by Gasteiger charge is 2.21. The summed E-state index contributed by atoms with van der Waals surface area (Å²) in [6.07, 6.45) is 6.15. The van der Waals surface area contributed by atoms with Crippen molar-refractivity contribution in [3.8, 4) is 0 Å². The number of nitrogens with one attached hydrogen (secondary N) is 2. The first-order valence-electron chi connectivity index (χ1n) is 6.56. The maximum absolute atomic E-state index is 12.1. The van der Waals surface area contributed by atoms with E-state index in [0.29, 0.717) is 23.8 Å². The van der Waals surface area contributed by atoms with Crippen molar-refractivity contribution in [3.05, 3.63) is 21.0 Å². The zero-order chi connectivity index (χ0) is 13.7. The summed E-state index contributed by atoms with van der Waals surface area (Å²) in [5, 5.41) is 7.29. The van der Waals surface area contributed by atoms with Crippen molar-refractivity contribution in [2.24, 2.45) is 0 Å². The van der Waals surface area contributed by atoms with Gasteiger partial charge in [-0.2, -0.15) is 0 Å². The van der Waals surface area contributed by atoms with Gasteiger partial charge in [0.1, 0.15) is 11.8 Å². The highest BCUT2D eigenvalue weighted by atomic mass is 127. The molecule has 0 saturated heterocycles. The fraction of sp³-hybridized carbons (Fsp3) is 0.615. The van der Waals surface area contributed by atoms with Gasteiger partial charge in [-0.25, -0.2) is 9.37 Å². The van der Waals surface area contributed by atoms with Gasteiger partial charge in [0.15, 0.2) is 0 Å². The summed E-state index contributed by atoms with van der Waals surface area (Å²) < 4.78 is 13.2. The Labute approximate surface area is 131 Å². The van der Waals surface area contributed by atoms with E-state index >= 15 is 0 Å². The molecule has 1 aliphatic carbocycles. The van der Waals surface area contributed by atoms with Gasteiger partial charge in [0.2, 0.25) is 0 Å². The van der Waals surface area contributed by atoms with Gasteiger partial charge in [-0.3, -0.25) is 0 Å². The monoisotopic (exact) mass is 397 g/mol. The Hall–Kier alpha value is -0.140. The second kappa shape index (κ2) is 7.59. The average Bonchev–Trinajstić information content (AvgIpc) is 2.42. The van der Waals surface area contributed by atoms with Crippen LogP contribution < -0.4 is 10.6 Å². The van der Waals surface area contributed by atoms with E-state index in [1.165, 1.54) is 0 Å². The van der Waals surface area contributed by atoms with Crippen LogP contribution in [0.3, 0.4) is 0 Å². The maximum Gasteiger partial charge on any atom is 0.131 e. The Morgan fingerprint density at radius 2 is 2.00 bits per heavy atom. The zero-order valence-electron chi connectivity index (χ0n) is 10.6. The second-order valence-electron chi connectivity index (χ2n) is 4.82. The molecule has 0 amide bonds. The number of alkyl halides is 1. The summed E-state index contributed by atoms with van der Waals surface area (Å²) in [5.74, 6) is 0. The first-order valence-corrected chi connectivity index (χ1v) is 8.01. The molecule has 0 aliphatic heterocycles. The molecular weight excluding hydrogens is 380 g/mol. The smallest absolute Gasteiger partial charge is 0.131 e. The molecule has 0 spiro atoms. The van der Waals surface area contributed by atoms with Crippen molar-refractivity contribution in [3.63, 3.8) is 0 Å². The van der Waals surface area contributed by atoms with Crippen LogP contribution in [0.1, 0.15) is 25.7 Å². The molecule has 106 valence electrons. The van der Waals surface area contributed by atoms with Crippen LogP contribution in [-0.2, 0) is 0 Å². The van der Waals surface area contributed by atoms with E-state index in [1.54, 1.807) is 6.20 Å². The van der Waals surface area contributed by atoms with Gasteiger partial charge in [-0.1, -0.05) is 11.6 Å². The minimum absolute atomic E-state index is 0.286. The van der Waals surface area contributed by atoms with Crippen molar-refractivity contribution in [2.75, 3.05) is 18.5 Å². The normalized spacial score (nSPS) is 23.3. The number of rotatable bonds is 5. The van der Waals surface area contributed by atoms with E-state index in [9.17, 15) is 4.39 Å². The van der Waals surface area contributed by atoms with Gasteiger partial charge >= 0.3 is 0 Å². The number of halogens is 3. The van der Waals surface area contributed by atoms with Gasteiger partial charge in [0.25, 0.3) is 0 Å². The summed E-state index contributed by atoms with van der Waals surface area (Å²) in [6.45, 7) is 0.187. The van der Waals surface area contributed by atoms with Crippen LogP contribution in [0.15, 0.2) is 12.3 Å². The second-order valence-corrected chi connectivity index (χ2v) is 6.37. The SMILES string of the molecule is FCCNC1CCC(Nc2cc(Cl)ncc2I)CC1. The molecule has 1 aromatic rings. The molecule has 3 nitrogen and oxygen atoms in total. The molecule has 1 saturated carbocycles.